The van der Waals surface area contributed by atoms with E-state index in [0.717, 1.165) is 5.56 Å². The first-order valence-electron chi connectivity index (χ1n) is 7.87. The molecule has 4 aromatic rings. The topological polar surface area (TPSA) is 110 Å². The van der Waals surface area contributed by atoms with Gasteiger partial charge in [0, 0.05) is 30.2 Å². The molecule has 9 nitrogen and oxygen atoms in total. The Hall–Kier alpha value is -3.88. The number of tetrazole rings is 1. The van der Waals surface area contributed by atoms with Gasteiger partial charge in [-0.15, -0.1) is 14.8 Å². The maximum atomic E-state index is 12.2. The number of fused-ring (bicyclic) bond motifs is 1. The van der Waals surface area contributed by atoms with Gasteiger partial charge in [-0.05, 0) is 52.4 Å². The zero-order valence-corrected chi connectivity index (χ0v) is 13.6. The van der Waals surface area contributed by atoms with Gasteiger partial charge in [-0.3, -0.25) is 9.78 Å². The molecule has 0 aliphatic carbocycles. The maximum Gasteiger partial charge on any atom is 0.255 e. The average molecular weight is 346 g/mol. The minimum Gasteiger partial charge on any atom is -0.365 e. The second-order valence-electron chi connectivity index (χ2n) is 5.49. The Morgan fingerprint density at radius 2 is 1.81 bits per heavy atom. The number of nitrogens with zero attached hydrogens (tertiary/aromatic N) is 6. The monoisotopic (exact) mass is 346 g/mol. The predicted octanol–water partition coefficient (Wildman–Crippen LogP) is 1.78. The summed E-state index contributed by atoms with van der Waals surface area (Å²) in [6, 6.07) is 14.4. The number of carbonyl (C=O) groups is 1. The first-order valence-corrected chi connectivity index (χ1v) is 7.87. The van der Waals surface area contributed by atoms with Crippen molar-refractivity contribution in [3.05, 3.63) is 72.1 Å². The van der Waals surface area contributed by atoms with Crippen LogP contribution in [0.2, 0.25) is 0 Å². The zero-order chi connectivity index (χ0) is 17.8. The lowest BCUT2D eigenvalue weighted by Crippen LogP contribution is -2.12. The number of pyridine rings is 1. The van der Waals surface area contributed by atoms with Crippen LogP contribution in [0.25, 0.3) is 5.65 Å². The van der Waals surface area contributed by atoms with Gasteiger partial charge >= 0.3 is 0 Å². The number of aromatic nitrogens is 6. The molecule has 0 saturated heterocycles. The SMILES string of the molecule is O=C(Nc1ccncc1)c1ccc(CNc2ccc3nnnn3n2)cc1. The Kier molecular flexibility index (Phi) is 4.17. The molecule has 0 radical (unpaired) electrons. The highest BCUT2D eigenvalue weighted by atomic mass is 16.1. The molecule has 3 heterocycles. The van der Waals surface area contributed by atoms with E-state index in [4.69, 9.17) is 0 Å². The third kappa shape index (κ3) is 3.46. The third-order valence-electron chi connectivity index (χ3n) is 3.70. The molecule has 1 amide bonds. The Bertz CT molecular complexity index is 1030. The molecule has 2 N–H and O–H groups in total. The molecule has 0 bridgehead atoms. The second kappa shape index (κ2) is 6.93. The van der Waals surface area contributed by atoms with E-state index in [9.17, 15) is 4.79 Å². The highest BCUT2D eigenvalue weighted by molar-refractivity contribution is 6.04. The van der Waals surface area contributed by atoms with Crippen molar-refractivity contribution in [3.8, 4) is 0 Å². The lowest BCUT2D eigenvalue weighted by Gasteiger charge is -2.07. The van der Waals surface area contributed by atoms with Crippen LogP contribution in [-0.4, -0.2) is 36.1 Å². The maximum absolute atomic E-state index is 12.2. The minimum absolute atomic E-state index is 0.165. The van der Waals surface area contributed by atoms with Gasteiger partial charge < -0.3 is 10.6 Å². The Morgan fingerprint density at radius 3 is 2.62 bits per heavy atom. The van der Waals surface area contributed by atoms with Gasteiger partial charge in [0.05, 0.1) is 0 Å². The van der Waals surface area contributed by atoms with Crippen LogP contribution >= 0.6 is 0 Å². The van der Waals surface area contributed by atoms with Crippen molar-refractivity contribution in [2.75, 3.05) is 10.6 Å². The van der Waals surface area contributed by atoms with Gasteiger partial charge in [0.2, 0.25) is 0 Å². The van der Waals surface area contributed by atoms with Crippen LogP contribution < -0.4 is 10.6 Å². The molecule has 0 fully saturated rings. The highest BCUT2D eigenvalue weighted by Gasteiger charge is 2.06. The fourth-order valence-corrected chi connectivity index (χ4v) is 2.35. The van der Waals surface area contributed by atoms with Gasteiger partial charge in [0.1, 0.15) is 5.82 Å². The van der Waals surface area contributed by atoms with Crippen molar-refractivity contribution in [3.63, 3.8) is 0 Å². The van der Waals surface area contributed by atoms with Gasteiger partial charge in [0.15, 0.2) is 5.65 Å². The molecular formula is C17H14N8O. The predicted molar refractivity (Wildman–Crippen MR) is 94.5 cm³/mol. The summed E-state index contributed by atoms with van der Waals surface area (Å²) in [6.07, 6.45) is 3.26. The summed E-state index contributed by atoms with van der Waals surface area (Å²) < 4.78 is 1.36. The third-order valence-corrected chi connectivity index (χ3v) is 3.70. The molecule has 9 heteroatoms. The number of amides is 1. The number of hydrogen-bond donors (Lipinski definition) is 2. The minimum atomic E-state index is -0.165. The number of anilines is 2. The first kappa shape index (κ1) is 15.6. The largest absolute Gasteiger partial charge is 0.365 e. The van der Waals surface area contributed by atoms with Gasteiger partial charge in [-0.1, -0.05) is 12.1 Å². The summed E-state index contributed by atoms with van der Waals surface area (Å²) in [6.45, 7) is 0.562. The van der Waals surface area contributed by atoms with E-state index in [1.54, 1.807) is 42.7 Å². The fourth-order valence-electron chi connectivity index (χ4n) is 2.35. The average Bonchev–Trinajstić information content (AvgIpc) is 3.15. The van der Waals surface area contributed by atoms with E-state index in [1.807, 2.05) is 18.2 Å². The quantitative estimate of drug-likeness (QED) is 0.567. The van der Waals surface area contributed by atoms with Crippen molar-refractivity contribution in [1.29, 1.82) is 0 Å². The lowest BCUT2D eigenvalue weighted by atomic mass is 10.1. The number of hydrogen-bond acceptors (Lipinski definition) is 7. The summed E-state index contributed by atoms with van der Waals surface area (Å²) in [5.41, 5.74) is 2.89. The van der Waals surface area contributed by atoms with Gasteiger partial charge in [-0.25, -0.2) is 0 Å². The lowest BCUT2D eigenvalue weighted by molar-refractivity contribution is 0.102. The Balaban J connectivity index is 1.38. The molecule has 3 aromatic heterocycles. The van der Waals surface area contributed by atoms with Crippen LogP contribution in [-0.2, 0) is 6.54 Å². The van der Waals surface area contributed by atoms with E-state index in [2.05, 4.69) is 36.2 Å². The van der Waals surface area contributed by atoms with Crippen LogP contribution in [0.4, 0.5) is 11.5 Å². The normalized spacial score (nSPS) is 10.6. The summed E-state index contributed by atoms with van der Waals surface area (Å²) in [4.78, 5) is 16.1. The van der Waals surface area contributed by atoms with E-state index in [-0.39, 0.29) is 5.91 Å². The molecule has 4 rings (SSSR count). The van der Waals surface area contributed by atoms with Crippen molar-refractivity contribution in [2.24, 2.45) is 0 Å². The van der Waals surface area contributed by atoms with Crippen molar-refractivity contribution >= 4 is 23.1 Å². The summed E-state index contributed by atoms with van der Waals surface area (Å²) in [7, 11) is 0. The summed E-state index contributed by atoms with van der Waals surface area (Å²) in [5.74, 6) is 0.491. The fraction of sp³-hybridized carbons (Fsp3) is 0.0588. The standard InChI is InChI=1S/C17H14N8O/c26-17(20-14-7-9-18-10-8-14)13-3-1-12(2-4-13)11-19-15-5-6-16-21-23-24-25(16)22-15/h1-10H,11H2,(H,19,22)(H,18,20,26). The number of nitrogens with one attached hydrogen (secondary N) is 2. The molecular weight excluding hydrogens is 332 g/mol. The number of rotatable bonds is 5. The summed E-state index contributed by atoms with van der Waals surface area (Å²) >= 11 is 0. The highest BCUT2D eigenvalue weighted by Crippen LogP contribution is 2.11. The molecule has 26 heavy (non-hydrogen) atoms. The molecule has 0 unspecified atom stereocenters. The molecule has 0 aliphatic heterocycles. The van der Waals surface area contributed by atoms with Crippen molar-refractivity contribution in [2.45, 2.75) is 6.54 Å². The summed E-state index contributed by atoms with van der Waals surface area (Å²) in [5, 5.41) is 21.4. The number of carbonyl (C=O) groups excluding carboxylic acids is 1. The smallest absolute Gasteiger partial charge is 0.255 e. The molecule has 0 saturated carbocycles. The molecule has 1 aromatic carbocycles. The molecule has 0 aliphatic rings. The van der Waals surface area contributed by atoms with Crippen LogP contribution in [0, 0.1) is 0 Å². The molecule has 0 atom stereocenters. The number of benzene rings is 1. The van der Waals surface area contributed by atoms with Crippen LogP contribution in [0.15, 0.2) is 60.9 Å². The van der Waals surface area contributed by atoms with Crippen molar-refractivity contribution < 1.29 is 4.79 Å². The van der Waals surface area contributed by atoms with Crippen molar-refractivity contribution in [1.82, 2.24) is 30.2 Å². The van der Waals surface area contributed by atoms with E-state index in [1.165, 1.54) is 4.63 Å². The van der Waals surface area contributed by atoms with E-state index in [0.29, 0.717) is 29.3 Å². The second-order valence-corrected chi connectivity index (χ2v) is 5.49. The van der Waals surface area contributed by atoms with E-state index < -0.39 is 0 Å². The van der Waals surface area contributed by atoms with Crippen LogP contribution in [0.1, 0.15) is 15.9 Å². The van der Waals surface area contributed by atoms with E-state index >= 15 is 0 Å². The Labute approximate surface area is 148 Å². The first-order chi connectivity index (χ1) is 12.8. The zero-order valence-electron chi connectivity index (χ0n) is 13.6. The van der Waals surface area contributed by atoms with Gasteiger partial charge in [-0.2, -0.15) is 0 Å². The van der Waals surface area contributed by atoms with Crippen LogP contribution in [0.3, 0.4) is 0 Å². The molecule has 0 spiro atoms. The molecule has 128 valence electrons. The Morgan fingerprint density at radius 1 is 1.00 bits per heavy atom. The van der Waals surface area contributed by atoms with Gasteiger partial charge in [0.25, 0.3) is 5.91 Å². The van der Waals surface area contributed by atoms with Crippen LogP contribution in [0.5, 0.6) is 0 Å².